The first-order chi connectivity index (χ1) is 5.33. The molecule has 0 atom stereocenters. The molecule has 1 rings (SSSR count). The Labute approximate surface area is 67.0 Å². The van der Waals surface area contributed by atoms with Gasteiger partial charge in [0.1, 0.15) is 0 Å². The maximum atomic E-state index is 8.94. The fourth-order valence-electron chi connectivity index (χ4n) is 1.32. The molecule has 3 heteroatoms. The lowest BCUT2D eigenvalue weighted by Crippen LogP contribution is -2.36. The van der Waals surface area contributed by atoms with Crippen molar-refractivity contribution in [1.29, 1.82) is 5.26 Å². The Morgan fingerprint density at radius 1 is 1.55 bits per heavy atom. The van der Waals surface area contributed by atoms with Crippen molar-refractivity contribution in [3.05, 3.63) is 0 Å². The van der Waals surface area contributed by atoms with Crippen molar-refractivity contribution in [1.82, 2.24) is 5.32 Å². The molecule has 62 valence electrons. The molecule has 0 unspecified atom stereocenters. The second-order valence-corrected chi connectivity index (χ2v) is 3.10. The third kappa shape index (κ3) is 2.87. The molecule has 0 aromatic rings. The molecule has 0 bridgehead atoms. The van der Waals surface area contributed by atoms with Crippen LogP contribution < -0.4 is 5.32 Å². The van der Waals surface area contributed by atoms with Crippen LogP contribution in [0.1, 0.15) is 19.3 Å². The first-order valence-electron chi connectivity index (χ1n) is 4.08. The molecular formula is C8H14N2O. The molecule has 0 spiro atoms. The van der Waals surface area contributed by atoms with Crippen LogP contribution in [0.5, 0.6) is 0 Å². The Balaban J connectivity index is 1.86. The Hall–Kier alpha value is -0.590. The van der Waals surface area contributed by atoms with Gasteiger partial charge in [-0.15, -0.1) is 0 Å². The van der Waals surface area contributed by atoms with Gasteiger partial charge < -0.3 is 10.4 Å². The Morgan fingerprint density at radius 2 is 2.27 bits per heavy atom. The minimum Gasteiger partial charge on any atom is -0.393 e. The molecule has 1 saturated carbocycles. The summed E-state index contributed by atoms with van der Waals surface area (Å²) in [5.41, 5.74) is 0. The highest BCUT2D eigenvalue weighted by molar-refractivity contribution is 4.80. The van der Waals surface area contributed by atoms with Gasteiger partial charge in [0.15, 0.2) is 0 Å². The van der Waals surface area contributed by atoms with Crippen LogP contribution in [0, 0.1) is 17.2 Å². The van der Waals surface area contributed by atoms with Crippen LogP contribution in [0.25, 0.3) is 0 Å². The van der Waals surface area contributed by atoms with E-state index in [4.69, 9.17) is 10.4 Å². The first-order valence-corrected chi connectivity index (χ1v) is 4.08. The van der Waals surface area contributed by atoms with Crippen molar-refractivity contribution in [3.63, 3.8) is 0 Å². The Kier molecular flexibility index (Phi) is 3.34. The lowest BCUT2D eigenvalue weighted by Gasteiger charge is -2.31. The second-order valence-electron chi connectivity index (χ2n) is 3.10. The molecule has 11 heavy (non-hydrogen) atoms. The third-order valence-electron chi connectivity index (χ3n) is 2.06. The van der Waals surface area contributed by atoms with Crippen LogP contribution in [-0.2, 0) is 0 Å². The van der Waals surface area contributed by atoms with E-state index in [-0.39, 0.29) is 6.10 Å². The summed E-state index contributed by atoms with van der Waals surface area (Å²) in [6.45, 7) is 1.74. The summed E-state index contributed by atoms with van der Waals surface area (Å²) in [5, 5.41) is 20.3. The standard InChI is InChI=1S/C8H14N2O/c9-2-1-3-10-6-7-4-8(11)5-7/h7-8,10-11H,1,3-6H2. The lowest BCUT2D eigenvalue weighted by atomic mass is 9.82. The normalized spacial score (nSPS) is 29.1. The molecule has 0 radical (unpaired) electrons. The van der Waals surface area contributed by atoms with Crippen LogP contribution in [0.2, 0.25) is 0 Å². The zero-order valence-corrected chi connectivity index (χ0v) is 6.58. The number of nitrogens with zero attached hydrogens (tertiary/aromatic N) is 1. The van der Waals surface area contributed by atoms with Gasteiger partial charge in [-0.25, -0.2) is 0 Å². The predicted octanol–water partition coefficient (Wildman–Crippen LogP) is 0.261. The van der Waals surface area contributed by atoms with E-state index in [2.05, 4.69) is 11.4 Å². The average Bonchev–Trinajstić information content (AvgIpc) is 1.94. The molecule has 0 aromatic carbocycles. The fourth-order valence-corrected chi connectivity index (χ4v) is 1.32. The summed E-state index contributed by atoms with van der Waals surface area (Å²) < 4.78 is 0. The van der Waals surface area contributed by atoms with Crippen molar-refractivity contribution >= 4 is 0 Å². The van der Waals surface area contributed by atoms with Crippen molar-refractivity contribution in [3.8, 4) is 6.07 Å². The van der Waals surface area contributed by atoms with E-state index < -0.39 is 0 Å². The zero-order valence-electron chi connectivity index (χ0n) is 6.58. The van der Waals surface area contributed by atoms with Gasteiger partial charge in [0, 0.05) is 13.0 Å². The van der Waals surface area contributed by atoms with E-state index in [9.17, 15) is 0 Å². The topological polar surface area (TPSA) is 56.0 Å². The highest BCUT2D eigenvalue weighted by atomic mass is 16.3. The Bertz CT molecular complexity index is 147. The highest BCUT2D eigenvalue weighted by Gasteiger charge is 2.26. The molecule has 0 aliphatic heterocycles. The van der Waals surface area contributed by atoms with E-state index in [1.807, 2.05) is 0 Å². The van der Waals surface area contributed by atoms with Crippen molar-refractivity contribution in [2.75, 3.05) is 13.1 Å². The molecule has 0 aromatic heterocycles. The summed E-state index contributed by atoms with van der Waals surface area (Å²) >= 11 is 0. The number of hydrogen-bond acceptors (Lipinski definition) is 3. The minimum absolute atomic E-state index is 0.0576. The summed E-state index contributed by atoms with van der Waals surface area (Å²) in [4.78, 5) is 0. The van der Waals surface area contributed by atoms with Gasteiger partial charge in [-0.1, -0.05) is 0 Å². The van der Waals surface area contributed by atoms with Gasteiger partial charge in [0.2, 0.25) is 0 Å². The minimum atomic E-state index is -0.0576. The van der Waals surface area contributed by atoms with Crippen LogP contribution in [0.4, 0.5) is 0 Å². The fraction of sp³-hybridized carbons (Fsp3) is 0.875. The molecule has 1 aliphatic rings. The van der Waals surface area contributed by atoms with Crippen molar-refractivity contribution < 1.29 is 5.11 Å². The van der Waals surface area contributed by atoms with Gasteiger partial charge in [-0.2, -0.15) is 5.26 Å². The highest BCUT2D eigenvalue weighted by Crippen LogP contribution is 2.25. The number of nitriles is 1. The predicted molar refractivity (Wildman–Crippen MR) is 41.8 cm³/mol. The average molecular weight is 154 g/mol. The molecule has 2 N–H and O–H groups in total. The van der Waals surface area contributed by atoms with E-state index >= 15 is 0 Å². The van der Waals surface area contributed by atoms with Crippen molar-refractivity contribution in [2.45, 2.75) is 25.4 Å². The second kappa shape index (κ2) is 4.32. The lowest BCUT2D eigenvalue weighted by molar-refractivity contribution is 0.0432. The number of hydrogen-bond donors (Lipinski definition) is 2. The van der Waals surface area contributed by atoms with E-state index in [1.165, 1.54) is 0 Å². The van der Waals surface area contributed by atoms with Gasteiger partial charge in [-0.3, -0.25) is 0 Å². The number of nitrogens with one attached hydrogen (secondary N) is 1. The third-order valence-corrected chi connectivity index (χ3v) is 2.06. The number of aliphatic hydroxyl groups is 1. The number of aliphatic hydroxyl groups excluding tert-OH is 1. The Morgan fingerprint density at radius 3 is 2.82 bits per heavy atom. The molecule has 1 aliphatic carbocycles. The molecule has 3 nitrogen and oxygen atoms in total. The molecule has 0 amide bonds. The molecule has 0 heterocycles. The van der Waals surface area contributed by atoms with Crippen molar-refractivity contribution in [2.24, 2.45) is 5.92 Å². The summed E-state index contributed by atoms with van der Waals surface area (Å²) in [6.07, 6.45) is 2.38. The van der Waals surface area contributed by atoms with Gasteiger partial charge >= 0.3 is 0 Å². The first kappa shape index (κ1) is 8.51. The van der Waals surface area contributed by atoms with Gasteiger partial charge in [0.25, 0.3) is 0 Å². The quantitative estimate of drug-likeness (QED) is 0.571. The number of rotatable bonds is 4. The van der Waals surface area contributed by atoms with E-state index in [0.29, 0.717) is 12.3 Å². The monoisotopic (exact) mass is 154 g/mol. The zero-order chi connectivity index (χ0) is 8.10. The summed E-state index contributed by atoms with van der Waals surface area (Å²) in [5.74, 6) is 0.642. The summed E-state index contributed by atoms with van der Waals surface area (Å²) in [7, 11) is 0. The van der Waals surface area contributed by atoms with E-state index in [0.717, 1.165) is 25.9 Å². The molecule has 0 saturated heterocycles. The molecular weight excluding hydrogens is 140 g/mol. The van der Waals surface area contributed by atoms with Crippen LogP contribution in [0.15, 0.2) is 0 Å². The van der Waals surface area contributed by atoms with Crippen LogP contribution in [-0.4, -0.2) is 24.3 Å². The van der Waals surface area contributed by atoms with Gasteiger partial charge in [0.05, 0.1) is 12.2 Å². The van der Waals surface area contributed by atoms with E-state index in [1.54, 1.807) is 0 Å². The smallest absolute Gasteiger partial charge is 0.0635 e. The summed E-state index contributed by atoms with van der Waals surface area (Å²) in [6, 6.07) is 2.07. The van der Waals surface area contributed by atoms with Gasteiger partial charge in [-0.05, 0) is 25.3 Å². The van der Waals surface area contributed by atoms with Crippen LogP contribution in [0.3, 0.4) is 0 Å². The maximum Gasteiger partial charge on any atom is 0.0635 e. The maximum absolute atomic E-state index is 8.94. The molecule has 1 fully saturated rings. The van der Waals surface area contributed by atoms with Crippen LogP contribution >= 0.6 is 0 Å². The largest absolute Gasteiger partial charge is 0.393 e. The SMILES string of the molecule is N#CCCNCC1CC(O)C1.